The van der Waals surface area contributed by atoms with Gasteiger partial charge in [-0.1, -0.05) is 294 Å². The molecule has 0 aliphatic rings. The van der Waals surface area contributed by atoms with E-state index >= 15 is 0 Å². The van der Waals surface area contributed by atoms with Gasteiger partial charge in [0.2, 0.25) is 0 Å². The van der Waals surface area contributed by atoms with Gasteiger partial charge >= 0.3 is 0 Å². The molecule has 0 bridgehead atoms. The minimum absolute atomic E-state index is 1.01. The molecule has 9 aromatic rings. The summed E-state index contributed by atoms with van der Waals surface area (Å²) in [6.45, 7) is 10.1. The predicted molar refractivity (Wildman–Crippen MR) is 289 cm³/mol. The second-order valence-electron chi connectivity index (χ2n) is 16.1. The minimum atomic E-state index is -3.05. The van der Waals surface area contributed by atoms with E-state index in [0.29, 0.717) is 0 Å². The van der Waals surface area contributed by atoms with Gasteiger partial charge in [-0.15, -0.1) is 0 Å². The molecule has 0 atom stereocenters. The molecule has 0 saturated carbocycles. The summed E-state index contributed by atoms with van der Waals surface area (Å²) in [5.74, 6) is 0. The Labute approximate surface area is 396 Å². The van der Waals surface area contributed by atoms with Crippen molar-refractivity contribution in [1.29, 1.82) is 0 Å². The van der Waals surface area contributed by atoms with Crippen LogP contribution in [0.1, 0.15) is 20.8 Å². The van der Waals surface area contributed by atoms with Gasteiger partial charge in [-0.3, -0.25) is 0 Å². The largest absolute Gasteiger partial charge is 0.435 e. The van der Waals surface area contributed by atoms with Crippen LogP contribution in [0.4, 0.5) is 0 Å². The Morgan fingerprint density at radius 2 is 0.424 bits per heavy atom. The molecule has 0 unspecified atom stereocenters. The van der Waals surface area contributed by atoms with Crippen LogP contribution < -0.4 is 46.7 Å². The van der Waals surface area contributed by atoms with Gasteiger partial charge in [0.25, 0.3) is 25.0 Å². The SMILES string of the molecule is CCN(CC)CC.O[Si](c1ccccc1)(c1ccccc1)c1ccccc1.c1ccc([Si](O[Si](c2ccccc2)(c2ccccc2)c2ccccc2)(c2ccccc2)c2ccccc2)cc1. The van der Waals surface area contributed by atoms with Crippen molar-refractivity contribution in [2.45, 2.75) is 20.8 Å². The van der Waals surface area contributed by atoms with E-state index < -0.39 is 25.0 Å². The molecule has 9 rings (SSSR count). The lowest BCUT2D eigenvalue weighted by Crippen LogP contribution is -2.81. The van der Waals surface area contributed by atoms with Crippen LogP contribution in [0.2, 0.25) is 0 Å². The summed E-state index contributed by atoms with van der Waals surface area (Å²) < 4.78 is 8.22. The van der Waals surface area contributed by atoms with Crippen molar-refractivity contribution < 1.29 is 8.91 Å². The van der Waals surface area contributed by atoms with E-state index in [0.717, 1.165) is 15.6 Å². The van der Waals surface area contributed by atoms with Crippen molar-refractivity contribution in [2.24, 2.45) is 0 Å². The summed E-state index contributed by atoms with van der Waals surface area (Å²) in [6.07, 6.45) is 0. The Bertz CT molecular complexity index is 2290. The van der Waals surface area contributed by atoms with E-state index in [2.05, 4.69) is 208 Å². The van der Waals surface area contributed by atoms with Crippen molar-refractivity contribution in [3.05, 3.63) is 273 Å². The van der Waals surface area contributed by atoms with Crippen LogP contribution in [0, 0.1) is 0 Å². The molecule has 0 spiro atoms. The van der Waals surface area contributed by atoms with Gasteiger partial charge in [-0.05, 0) is 66.3 Å². The maximum absolute atomic E-state index is 11.6. The van der Waals surface area contributed by atoms with Crippen LogP contribution in [0.3, 0.4) is 0 Å². The summed E-state index contributed by atoms with van der Waals surface area (Å²) in [7, 11) is -8.97. The van der Waals surface area contributed by atoms with Gasteiger partial charge in [0.1, 0.15) is 0 Å². The third kappa shape index (κ3) is 10.6. The Morgan fingerprint density at radius 1 is 0.273 bits per heavy atom. The Hall–Kier alpha value is -6.49. The van der Waals surface area contributed by atoms with Crippen LogP contribution in [0.15, 0.2) is 273 Å². The monoisotopic (exact) mass is 911 g/mol. The number of nitrogens with zero attached hydrogens (tertiary/aromatic N) is 1. The van der Waals surface area contributed by atoms with E-state index in [1.165, 1.54) is 50.8 Å². The second-order valence-corrected chi connectivity index (χ2v) is 26.2. The molecule has 0 fully saturated rings. The first-order valence-electron chi connectivity index (χ1n) is 23.1. The predicted octanol–water partition coefficient (Wildman–Crippen LogP) is 7.33. The molecule has 0 radical (unpaired) electrons. The van der Waals surface area contributed by atoms with Gasteiger partial charge in [0, 0.05) is 0 Å². The third-order valence-corrected chi connectivity index (χ3v) is 25.1. The summed E-state index contributed by atoms with van der Waals surface area (Å²) in [4.78, 5) is 13.9. The highest BCUT2D eigenvalue weighted by atomic mass is 28.4. The zero-order valence-corrected chi connectivity index (χ0v) is 41.4. The molecule has 9 aromatic carbocycles. The molecule has 0 aliphatic heterocycles. The van der Waals surface area contributed by atoms with Gasteiger partial charge < -0.3 is 13.8 Å². The molecule has 0 aromatic heterocycles. The van der Waals surface area contributed by atoms with Crippen molar-refractivity contribution in [2.75, 3.05) is 19.6 Å². The normalized spacial score (nSPS) is 11.4. The van der Waals surface area contributed by atoms with Gasteiger partial charge in [-0.25, -0.2) is 0 Å². The first-order chi connectivity index (χ1) is 32.5. The molecule has 0 saturated heterocycles. The van der Waals surface area contributed by atoms with Crippen molar-refractivity contribution in [1.82, 2.24) is 4.90 Å². The molecule has 6 heteroatoms. The maximum atomic E-state index is 11.6. The smallest absolute Gasteiger partial charge is 0.285 e. The number of hydrogen-bond donors (Lipinski definition) is 1. The van der Waals surface area contributed by atoms with Gasteiger partial charge in [0.05, 0.1) is 0 Å². The van der Waals surface area contributed by atoms with E-state index in [4.69, 9.17) is 4.12 Å². The number of benzene rings is 9. The van der Waals surface area contributed by atoms with Crippen molar-refractivity contribution in [3.63, 3.8) is 0 Å². The number of hydrogen-bond acceptors (Lipinski definition) is 3. The highest BCUT2D eigenvalue weighted by Gasteiger charge is 2.52. The summed E-state index contributed by atoms with van der Waals surface area (Å²) >= 11 is 0. The van der Waals surface area contributed by atoms with Crippen LogP contribution in [-0.2, 0) is 4.12 Å². The Balaban J connectivity index is 0.000000199. The Morgan fingerprint density at radius 3 is 0.561 bits per heavy atom. The van der Waals surface area contributed by atoms with Gasteiger partial charge in [0.15, 0.2) is 0 Å². The van der Waals surface area contributed by atoms with Crippen LogP contribution in [-0.4, -0.2) is 54.3 Å². The highest BCUT2D eigenvalue weighted by Crippen LogP contribution is 2.19. The average molecular weight is 912 g/mol. The van der Waals surface area contributed by atoms with Crippen molar-refractivity contribution in [3.8, 4) is 0 Å². The lowest BCUT2D eigenvalue weighted by molar-refractivity contribution is 0.321. The third-order valence-electron chi connectivity index (χ3n) is 12.3. The Kier molecular flexibility index (Phi) is 17.0. The molecule has 66 heavy (non-hydrogen) atoms. The maximum Gasteiger partial charge on any atom is 0.285 e. The van der Waals surface area contributed by atoms with Crippen LogP contribution in [0.25, 0.3) is 0 Å². The van der Waals surface area contributed by atoms with Crippen molar-refractivity contribution >= 4 is 71.6 Å². The zero-order chi connectivity index (χ0) is 45.9. The lowest BCUT2D eigenvalue weighted by atomic mass is 10.3. The molecule has 1 N–H and O–H groups in total. The standard InChI is InChI=1S/C36H30OSi2.C18H16OSi.C6H15N/c1-7-19-31(20-8-1)38(32-21-9-2-10-22-32,33-23-11-3-12-24-33)37-39(34-25-13-4-14-26-34,35-27-15-5-16-28-35)36-29-17-6-18-30-36;19-20(16-10-4-1-5-11-16,17-12-6-2-7-13-17)18-14-8-3-9-15-18;1-4-7(5-2)6-3/h1-30H;1-15,19H;4-6H2,1-3H3. The first kappa shape index (κ1) is 47.5. The molecule has 3 nitrogen and oxygen atoms in total. The molecule has 0 amide bonds. The van der Waals surface area contributed by atoms with E-state index in [1.807, 2.05) is 91.0 Å². The van der Waals surface area contributed by atoms with Crippen LogP contribution in [0.5, 0.6) is 0 Å². The fraction of sp³-hybridized carbons (Fsp3) is 0.100. The summed E-state index contributed by atoms with van der Waals surface area (Å²) in [6, 6.07) is 95.3. The average Bonchev–Trinajstić information content (AvgIpc) is 3.42. The quantitative estimate of drug-likeness (QED) is 0.0918. The number of rotatable bonds is 14. The second kappa shape index (κ2) is 23.6. The minimum Gasteiger partial charge on any atom is -0.435 e. The van der Waals surface area contributed by atoms with E-state index in [-0.39, 0.29) is 0 Å². The zero-order valence-electron chi connectivity index (χ0n) is 38.4. The molecular formula is C60H61NO2Si3. The molecular weight excluding hydrogens is 851 g/mol. The molecule has 330 valence electrons. The fourth-order valence-corrected chi connectivity index (χ4v) is 22.5. The summed E-state index contributed by atoms with van der Waals surface area (Å²) in [5, 5.41) is 10.5. The van der Waals surface area contributed by atoms with Gasteiger partial charge in [-0.2, -0.15) is 0 Å². The molecule has 0 heterocycles. The van der Waals surface area contributed by atoms with E-state index in [9.17, 15) is 4.80 Å². The van der Waals surface area contributed by atoms with Crippen LogP contribution >= 0.6 is 0 Å². The van der Waals surface area contributed by atoms with E-state index in [1.54, 1.807) is 0 Å². The summed E-state index contributed by atoms with van der Waals surface area (Å²) in [5.41, 5.74) is 0. The molecule has 0 aliphatic carbocycles. The lowest BCUT2D eigenvalue weighted by Gasteiger charge is -2.44. The first-order valence-corrected chi connectivity index (χ1v) is 28.9. The highest BCUT2D eigenvalue weighted by molar-refractivity contribution is 7.18. The topological polar surface area (TPSA) is 32.7 Å². The fourth-order valence-electron chi connectivity index (χ4n) is 8.83.